The molecule has 0 radical (unpaired) electrons. The molecule has 0 bridgehead atoms. The van der Waals surface area contributed by atoms with Crippen LogP contribution in [-0.4, -0.2) is 28.7 Å². The Morgan fingerprint density at radius 3 is 2.07 bits per heavy atom. The molecule has 2 aliphatic rings. The lowest BCUT2D eigenvalue weighted by atomic mass is 9.49. The second-order valence-electron chi connectivity index (χ2n) is 6.73. The predicted molar refractivity (Wildman–Crippen MR) is 62.5 cm³/mol. The predicted octanol–water partition coefficient (Wildman–Crippen LogP) is 2.39. The largest absolute Gasteiger partial charge is 0.389 e. The number of likely N-dealkylation sites (tertiary alicyclic amines) is 1. The quantitative estimate of drug-likeness (QED) is 0.717. The normalized spacial score (nSPS) is 27.1. The molecule has 15 heavy (non-hydrogen) atoms. The highest BCUT2D eigenvalue weighted by Crippen LogP contribution is 2.60. The van der Waals surface area contributed by atoms with Gasteiger partial charge in [-0.1, -0.05) is 27.4 Å². The molecule has 1 saturated heterocycles. The van der Waals surface area contributed by atoms with Crippen LogP contribution >= 0.6 is 0 Å². The first-order valence-electron chi connectivity index (χ1n) is 5.80. The molecule has 1 aliphatic heterocycles. The molecule has 0 unspecified atom stereocenters. The number of aliphatic hydroxyl groups is 1. The van der Waals surface area contributed by atoms with E-state index in [2.05, 4.69) is 39.2 Å². The maximum absolute atomic E-state index is 10.4. The smallest absolute Gasteiger partial charge is 0.0709 e. The number of hydrogen-bond donors (Lipinski definition) is 1. The summed E-state index contributed by atoms with van der Waals surface area (Å²) in [6, 6.07) is 0. The third kappa shape index (κ3) is 1.50. The van der Waals surface area contributed by atoms with Gasteiger partial charge in [0.05, 0.1) is 5.60 Å². The van der Waals surface area contributed by atoms with E-state index in [-0.39, 0.29) is 5.41 Å². The van der Waals surface area contributed by atoms with Gasteiger partial charge in [0.1, 0.15) is 0 Å². The minimum absolute atomic E-state index is 0.0158. The first-order chi connectivity index (χ1) is 6.68. The second kappa shape index (κ2) is 2.79. The molecule has 0 aromatic carbocycles. The van der Waals surface area contributed by atoms with Crippen LogP contribution < -0.4 is 0 Å². The van der Waals surface area contributed by atoms with Crippen LogP contribution in [0.15, 0.2) is 12.3 Å². The van der Waals surface area contributed by atoms with Crippen molar-refractivity contribution in [1.29, 1.82) is 0 Å². The van der Waals surface area contributed by atoms with E-state index in [1.807, 2.05) is 0 Å². The van der Waals surface area contributed by atoms with Crippen molar-refractivity contribution in [3.63, 3.8) is 0 Å². The fourth-order valence-corrected chi connectivity index (χ4v) is 2.98. The maximum atomic E-state index is 10.4. The van der Waals surface area contributed by atoms with Gasteiger partial charge in [-0.2, -0.15) is 0 Å². The summed E-state index contributed by atoms with van der Waals surface area (Å²) in [4.78, 5) is 2.31. The fraction of sp³-hybridized carbons (Fsp3) is 0.846. The van der Waals surface area contributed by atoms with Gasteiger partial charge < -0.3 is 10.0 Å². The third-order valence-electron chi connectivity index (χ3n) is 4.32. The SMILES string of the molecule is C=C(C)N1CC2(C1)CC(O)(C(C)(C)C)C2. The van der Waals surface area contributed by atoms with Crippen LogP contribution in [-0.2, 0) is 0 Å². The Morgan fingerprint density at radius 2 is 1.73 bits per heavy atom. The van der Waals surface area contributed by atoms with E-state index in [9.17, 15) is 5.11 Å². The summed E-state index contributed by atoms with van der Waals surface area (Å²) in [5, 5.41) is 10.4. The van der Waals surface area contributed by atoms with Gasteiger partial charge in [0.15, 0.2) is 0 Å². The topological polar surface area (TPSA) is 23.5 Å². The van der Waals surface area contributed by atoms with Crippen LogP contribution in [0.2, 0.25) is 0 Å². The molecular formula is C13H23NO. The zero-order chi connectivity index (χ0) is 11.5. The summed E-state index contributed by atoms with van der Waals surface area (Å²) in [6.07, 6.45) is 1.93. The molecule has 0 amide bonds. The third-order valence-corrected chi connectivity index (χ3v) is 4.32. The molecule has 1 N–H and O–H groups in total. The van der Waals surface area contributed by atoms with Crippen LogP contribution in [0.5, 0.6) is 0 Å². The summed E-state index contributed by atoms with van der Waals surface area (Å²) < 4.78 is 0. The molecule has 2 nitrogen and oxygen atoms in total. The summed E-state index contributed by atoms with van der Waals surface area (Å²) in [5.41, 5.74) is 1.14. The van der Waals surface area contributed by atoms with Gasteiger partial charge >= 0.3 is 0 Å². The Bertz CT molecular complexity index is 286. The highest BCUT2D eigenvalue weighted by molar-refractivity contribution is 5.17. The minimum atomic E-state index is -0.436. The van der Waals surface area contributed by atoms with E-state index in [1.165, 1.54) is 0 Å². The van der Waals surface area contributed by atoms with Crippen LogP contribution in [0.25, 0.3) is 0 Å². The average Bonchev–Trinajstić information content (AvgIpc) is 1.90. The second-order valence-corrected chi connectivity index (χ2v) is 6.73. The Labute approximate surface area is 93.0 Å². The molecule has 86 valence electrons. The Morgan fingerprint density at radius 1 is 1.27 bits per heavy atom. The molecule has 2 rings (SSSR count). The first-order valence-corrected chi connectivity index (χ1v) is 5.80. The first kappa shape index (κ1) is 11.0. The number of allylic oxidation sites excluding steroid dienone is 1. The zero-order valence-electron chi connectivity index (χ0n) is 10.4. The molecule has 0 aromatic rings. The summed E-state index contributed by atoms with van der Waals surface area (Å²) in [5.74, 6) is 0. The van der Waals surface area contributed by atoms with Crippen molar-refractivity contribution < 1.29 is 5.11 Å². The molecule has 1 aliphatic carbocycles. The molecule has 2 heteroatoms. The lowest BCUT2D eigenvalue weighted by Crippen LogP contribution is -2.70. The van der Waals surface area contributed by atoms with E-state index in [1.54, 1.807) is 0 Å². The van der Waals surface area contributed by atoms with Crippen molar-refractivity contribution in [3.05, 3.63) is 12.3 Å². The van der Waals surface area contributed by atoms with Crippen LogP contribution in [0.4, 0.5) is 0 Å². The van der Waals surface area contributed by atoms with Crippen molar-refractivity contribution in [2.24, 2.45) is 10.8 Å². The van der Waals surface area contributed by atoms with Crippen molar-refractivity contribution in [2.75, 3.05) is 13.1 Å². The van der Waals surface area contributed by atoms with Crippen LogP contribution in [0.3, 0.4) is 0 Å². The molecule has 0 aromatic heterocycles. The average molecular weight is 209 g/mol. The standard InChI is InChI=1S/C13H23NO/c1-10(2)14-8-12(9-14)6-13(15,7-12)11(3,4)5/h15H,1,6-9H2,2-5H3. The van der Waals surface area contributed by atoms with Crippen molar-refractivity contribution >= 4 is 0 Å². The van der Waals surface area contributed by atoms with Gasteiger partial charge in [0, 0.05) is 24.2 Å². The van der Waals surface area contributed by atoms with E-state index in [0.717, 1.165) is 31.6 Å². The molecule has 1 heterocycles. The van der Waals surface area contributed by atoms with Gasteiger partial charge in [-0.25, -0.2) is 0 Å². The highest BCUT2D eigenvalue weighted by Gasteiger charge is 2.62. The Kier molecular flexibility index (Phi) is 2.05. The minimum Gasteiger partial charge on any atom is -0.389 e. The molecule has 1 saturated carbocycles. The Balaban J connectivity index is 1.93. The Hall–Kier alpha value is -0.500. The zero-order valence-corrected chi connectivity index (χ0v) is 10.4. The molecular weight excluding hydrogens is 186 g/mol. The fourth-order valence-electron chi connectivity index (χ4n) is 2.98. The highest BCUT2D eigenvalue weighted by atomic mass is 16.3. The van der Waals surface area contributed by atoms with Crippen molar-refractivity contribution in [3.8, 4) is 0 Å². The van der Waals surface area contributed by atoms with Crippen molar-refractivity contribution in [1.82, 2.24) is 4.90 Å². The van der Waals surface area contributed by atoms with E-state index < -0.39 is 5.60 Å². The molecule has 2 fully saturated rings. The lowest BCUT2D eigenvalue weighted by Gasteiger charge is -2.66. The van der Waals surface area contributed by atoms with E-state index in [0.29, 0.717) is 5.41 Å². The monoisotopic (exact) mass is 209 g/mol. The van der Waals surface area contributed by atoms with Crippen molar-refractivity contribution in [2.45, 2.75) is 46.1 Å². The number of hydrogen-bond acceptors (Lipinski definition) is 2. The van der Waals surface area contributed by atoms with E-state index >= 15 is 0 Å². The summed E-state index contributed by atoms with van der Waals surface area (Å²) >= 11 is 0. The van der Waals surface area contributed by atoms with E-state index in [4.69, 9.17) is 0 Å². The van der Waals surface area contributed by atoms with Gasteiger partial charge in [0.25, 0.3) is 0 Å². The van der Waals surface area contributed by atoms with Gasteiger partial charge in [-0.3, -0.25) is 0 Å². The van der Waals surface area contributed by atoms with Crippen LogP contribution in [0, 0.1) is 10.8 Å². The van der Waals surface area contributed by atoms with Gasteiger partial charge in [-0.15, -0.1) is 0 Å². The van der Waals surface area contributed by atoms with Gasteiger partial charge in [-0.05, 0) is 25.2 Å². The van der Waals surface area contributed by atoms with Gasteiger partial charge in [0.2, 0.25) is 0 Å². The lowest BCUT2D eigenvalue weighted by molar-refractivity contribution is -0.226. The molecule has 0 atom stereocenters. The number of nitrogens with zero attached hydrogens (tertiary/aromatic N) is 1. The maximum Gasteiger partial charge on any atom is 0.0709 e. The molecule has 1 spiro atoms. The number of rotatable bonds is 1. The summed E-state index contributed by atoms with van der Waals surface area (Å²) in [6.45, 7) is 14.6. The summed E-state index contributed by atoms with van der Waals surface area (Å²) in [7, 11) is 0. The van der Waals surface area contributed by atoms with Crippen LogP contribution in [0.1, 0.15) is 40.5 Å².